The minimum Gasteiger partial charge on any atom is -0.480 e. The molecule has 0 aromatic carbocycles. The number of piperidine rings is 1. The van der Waals surface area contributed by atoms with Gasteiger partial charge in [0.2, 0.25) is 0 Å². The van der Waals surface area contributed by atoms with Gasteiger partial charge in [-0.25, -0.2) is 4.79 Å². The Kier molecular flexibility index (Phi) is 3.18. The third-order valence-electron chi connectivity index (χ3n) is 3.80. The number of likely N-dealkylation sites (tertiary alicyclic amines) is 1. The van der Waals surface area contributed by atoms with E-state index >= 15 is 0 Å². The van der Waals surface area contributed by atoms with Gasteiger partial charge in [0, 0.05) is 24.5 Å². The molecule has 0 saturated carbocycles. The van der Waals surface area contributed by atoms with Gasteiger partial charge in [0.25, 0.3) is 5.91 Å². The van der Waals surface area contributed by atoms with E-state index in [1.54, 1.807) is 12.3 Å². The molecule has 0 bridgehead atoms. The van der Waals surface area contributed by atoms with Crippen molar-refractivity contribution in [3.05, 3.63) is 42.2 Å². The Balaban J connectivity index is 1.92. The highest BCUT2D eigenvalue weighted by molar-refractivity contribution is 5.97. The van der Waals surface area contributed by atoms with Crippen LogP contribution >= 0.6 is 0 Å². The first-order chi connectivity index (χ1) is 9.66. The fraction of sp³-hybridized carbons (Fsp3) is 0.333. The van der Waals surface area contributed by atoms with Crippen LogP contribution in [0.3, 0.4) is 0 Å². The molecule has 2 aromatic heterocycles. The quantitative estimate of drug-likeness (QED) is 0.909. The molecule has 5 nitrogen and oxygen atoms in total. The van der Waals surface area contributed by atoms with Crippen molar-refractivity contribution in [2.45, 2.75) is 25.3 Å². The lowest BCUT2D eigenvalue weighted by atomic mass is 10.0. The third kappa shape index (κ3) is 2.15. The van der Waals surface area contributed by atoms with E-state index in [0.717, 1.165) is 18.4 Å². The molecular weight excluding hydrogens is 256 g/mol. The smallest absolute Gasteiger partial charge is 0.326 e. The summed E-state index contributed by atoms with van der Waals surface area (Å²) in [4.78, 5) is 25.3. The zero-order chi connectivity index (χ0) is 14.1. The van der Waals surface area contributed by atoms with Gasteiger partial charge < -0.3 is 14.4 Å². The van der Waals surface area contributed by atoms with E-state index in [2.05, 4.69) is 0 Å². The van der Waals surface area contributed by atoms with E-state index in [0.29, 0.717) is 18.5 Å². The summed E-state index contributed by atoms with van der Waals surface area (Å²) in [6.07, 6.45) is 5.89. The number of carboxylic acids is 1. The fourth-order valence-corrected chi connectivity index (χ4v) is 2.77. The van der Waals surface area contributed by atoms with Gasteiger partial charge in [-0.2, -0.15) is 0 Å². The second-order valence-corrected chi connectivity index (χ2v) is 5.11. The molecule has 1 amide bonds. The van der Waals surface area contributed by atoms with Crippen LogP contribution in [0.1, 0.15) is 29.6 Å². The zero-order valence-electron chi connectivity index (χ0n) is 11.0. The SMILES string of the molecule is O=C(O)[C@@H]1CCCCN1C(=O)c1cc2ccccn2c1. The molecule has 0 unspecified atom stereocenters. The van der Waals surface area contributed by atoms with E-state index in [1.807, 2.05) is 28.8 Å². The van der Waals surface area contributed by atoms with Crippen LogP contribution in [0.15, 0.2) is 36.7 Å². The number of carbonyl (C=O) groups excluding carboxylic acids is 1. The van der Waals surface area contributed by atoms with E-state index in [-0.39, 0.29) is 5.91 Å². The van der Waals surface area contributed by atoms with Crippen LogP contribution in [0.5, 0.6) is 0 Å². The molecule has 2 aromatic rings. The second-order valence-electron chi connectivity index (χ2n) is 5.11. The predicted octanol–water partition coefficient (Wildman–Crippen LogP) is 2.02. The van der Waals surface area contributed by atoms with Crippen molar-refractivity contribution in [2.75, 3.05) is 6.54 Å². The van der Waals surface area contributed by atoms with Crippen LogP contribution in [0.4, 0.5) is 0 Å². The van der Waals surface area contributed by atoms with Gasteiger partial charge in [-0.15, -0.1) is 0 Å². The summed E-state index contributed by atoms with van der Waals surface area (Å²) < 4.78 is 1.87. The Morgan fingerprint density at radius 1 is 1.25 bits per heavy atom. The normalized spacial score (nSPS) is 19.2. The summed E-state index contributed by atoms with van der Waals surface area (Å²) in [5.74, 6) is -1.11. The highest BCUT2D eigenvalue weighted by Gasteiger charge is 2.32. The molecule has 1 atom stereocenters. The molecule has 3 rings (SSSR count). The monoisotopic (exact) mass is 272 g/mol. The Morgan fingerprint density at radius 2 is 2.10 bits per heavy atom. The average Bonchev–Trinajstić information content (AvgIpc) is 2.90. The van der Waals surface area contributed by atoms with E-state index in [9.17, 15) is 14.7 Å². The number of hydrogen-bond donors (Lipinski definition) is 1. The molecule has 104 valence electrons. The number of rotatable bonds is 2. The Labute approximate surface area is 116 Å². The number of nitrogens with zero attached hydrogens (tertiary/aromatic N) is 2. The van der Waals surface area contributed by atoms with Crippen LogP contribution < -0.4 is 0 Å². The molecule has 1 N–H and O–H groups in total. The first-order valence-corrected chi connectivity index (χ1v) is 6.77. The molecular formula is C15H16N2O3. The van der Waals surface area contributed by atoms with Gasteiger partial charge in [-0.1, -0.05) is 6.07 Å². The first kappa shape index (κ1) is 12.7. The molecule has 1 aliphatic heterocycles. The average molecular weight is 272 g/mol. The van der Waals surface area contributed by atoms with Crippen LogP contribution in [0, 0.1) is 0 Å². The summed E-state index contributed by atoms with van der Waals surface area (Å²) in [7, 11) is 0. The molecule has 0 spiro atoms. The minimum atomic E-state index is -0.915. The Hall–Kier alpha value is -2.30. The second kappa shape index (κ2) is 5.00. The number of amides is 1. The van der Waals surface area contributed by atoms with E-state index in [1.165, 1.54) is 4.90 Å². The van der Waals surface area contributed by atoms with Gasteiger partial charge in [0.15, 0.2) is 0 Å². The maximum Gasteiger partial charge on any atom is 0.326 e. The number of carboxylic acid groups (broad SMARTS) is 1. The highest BCUT2D eigenvalue weighted by atomic mass is 16.4. The highest BCUT2D eigenvalue weighted by Crippen LogP contribution is 2.21. The Bertz CT molecular complexity index is 629. The molecule has 1 aliphatic rings. The van der Waals surface area contributed by atoms with Crippen LogP contribution in [0.25, 0.3) is 5.52 Å². The van der Waals surface area contributed by atoms with E-state index in [4.69, 9.17) is 0 Å². The number of aliphatic carboxylic acids is 1. The number of fused-ring (bicyclic) bond motifs is 1. The van der Waals surface area contributed by atoms with Crippen molar-refractivity contribution in [2.24, 2.45) is 0 Å². The standard InChI is InChI=1S/C15H16N2O3/c18-14(17-8-4-2-6-13(17)15(19)20)11-9-12-5-1-3-7-16(12)10-11/h1,3,5,7,9-10,13H,2,4,6,8H2,(H,19,20)/t13-/m0/s1. The van der Waals surface area contributed by atoms with Gasteiger partial charge >= 0.3 is 5.97 Å². The molecule has 1 saturated heterocycles. The third-order valence-corrected chi connectivity index (χ3v) is 3.80. The summed E-state index contributed by atoms with van der Waals surface area (Å²) >= 11 is 0. The largest absolute Gasteiger partial charge is 0.480 e. The van der Waals surface area contributed by atoms with Crippen molar-refractivity contribution < 1.29 is 14.7 Å². The Morgan fingerprint density at radius 3 is 2.85 bits per heavy atom. The van der Waals surface area contributed by atoms with Crippen molar-refractivity contribution in [1.29, 1.82) is 0 Å². The van der Waals surface area contributed by atoms with Crippen LogP contribution in [-0.4, -0.2) is 38.9 Å². The summed E-state index contributed by atoms with van der Waals surface area (Å²) in [6.45, 7) is 0.516. The van der Waals surface area contributed by atoms with Crippen molar-refractivity contribution in [3.8, 4) is 0 Å². The molecule has 3 heterocycles. The number of carbonyl (C=O) groups is 2. The lowest BCUT2D eigenvalue weighted by molar-refractivity contribution is -0.143. The van der Waals surface area contributed by atoms with Crippen molar-refractivity contribution >= 4 is 17.4 Å². The van der Waals surface area contributed by atoms with Gasteiger partial charge in [-0.3, -0.25) is 4.79 Å². The van der Waals surface area contributed by atoms with Crippen LogP contribution in [-0.2, 0) is 4.79 Å². The van der Waals surface area contributed by atoms with Gasteiger partial charge in [0.1, 0.15) is 6.04 Å². The maximum atomic E-state index is 12.5. The number of aromatic nitrogens is 1. The summed E-state index contributed by atoms with van der Waals surface area (Å²) in [6, 6.07) is 6.82. The summed E-state index contributed by atoms with van der Waals surface area (Å²) in [5.41, 5.74) is 1.48. The number of pyridine rings is 1. The number of hydrogen-bond acceptors (Lipinski definition) is 2. The predicted molar refractivity (Wildman–Crippen MR) is 73.7 cm³/mol. The minimum absolute atomic E-state index is 0.194. The first-order valence-electron chi connectivity index (χ1n) is 6.77. The molecule has 1 fully saturated rings. The molecule has 5 heteroatoms. The van der Waals surface area contributed by atoms with Crippen molar-refractivity contribution in [3.63, 3.8) is 0 Å². The topological polar surface area (TPSA) is 62.0 Å². The molecule has 0 aliphatic carbocycles. The molecule has 20 heavy (non-hydrogen) atoms. The summed E-state index contributed by atoms with van der Waals surface area (Å²) in [5, 5.41) is 9.25. The lowest BCUT2D eigenvalue weighted by Crippen LogP contribution is -2.47. The van der Waals surface area contributed by atoms with E-state index < -0.39 is 12.0 Å². The molecule has 0 radical (unpaired) electrons. The maximum absolute atomic E-state index is 12.5. The van der Waals surface area contributed by atoms with Crippen LogP contribution in [0.2, 0.25) is 0 Å². The fourth-order valence-electron chi connectivity index (χ4n) is 2.77. The van der Waals surface area contributed by atoms with Gasteiger partial charge in [-0.05, 0) is 37.5 Å². The lowest BCUT2D eigenvalue weighted by Gasteiger charge is -2.32. The zero-order valence-corrected chi connectivity index (χ0v) is 11.0. The van der Waals surface area contributed by atoms with Crippen molar-refractivity contribution in [1.82, 2.24) is 9.30 Å². The van der Waals surface area contributed by atoms with Gasteiger partial charge in [0.05, 0.1) is 5.56 Å².